The lowest BCUT2D eigenvalue weighted by Crippen LogP contribution is -2.22. The van der Waals surface area contributed by atoms with Gasteiger partial charge in [0.15, 0.2) is 11.5 Å². The molecule has 0 radical (unpaired) electrons. The molecule has 0 unspecified atom stereocenters. The van der Waals surface area contributed by atoms with Crippen molar-refractivity contribution in [1.82, 2.24) is 10.6 Å². The molecule has 6 nitrogen and oxygen atoms in total. The van der Waals surface area contributed by atoms with Gasteiger partial charge in [-0.25, -0.2) is 4.79 Å². The van der Waals surface area contributed by atoms with E-state index in [1.165, 1.54) is 12.1 Å². The van der Waals surface area contributed by atoms with Crippen LogP contribution in [0.1, 0.15) is 12.5 Å². The van der Waals surface area contributed by atoms with Gasteiger partial charge in [0.25, 0.3) is 5.91 Å². The fourth-order valence-corrected chi connectivity index (χ4v) is 1.54. The Kier molecular flexibility index (Phi) is 3.18. The Balaban J connectivity index is 2.29. The van der Waals surface area contributed by atoms with E-state index in [1.807, 2.05) is 0 Å². The van der Waals surface area contributed by atoms with E-state index in [-0.39, 0.29) is 11.4 Å². The SMILES string of the molecule is CCOc1cc(/C=C2\NC(=O)NC2=O)ccc1O. The van der Waals surface area contributed by atoms with Crippen molar-refractivity contribution in [1.29, 1.82) is 0 Å². The van der Waals surface area contributed by atoms with Gasteiger partial charge in [-0.2, -0.15) is 0 Å². The van der Waals surface area contributed by atoms with Gasteiger partial charge in [0, 0.05) is 0 Å². The molecular weight excluding hydrogens is 236 g/mol. The van der Waals surface area contributed by atoms with E-state index < -0.39 is 11.9 Å². The quantitative estimate of drug-likeness (QED) is 0.549. The number of phenolic OH excluding ortho intramolecular Hbond substituents is 1. The van der Waals surface area contributed by atoms with Gasteiger partial charge in [0.1, 0.15) is 5.70 Å². The summed E-state index contributed by atoms with van der Waals surface area (Å²) in [6, 6.07) is 4.12. The molecular formula is C12H12N2O4. The van der Waals surface area contributed by atoms with Crippen molar-refractivity contribution in [3.05, 3.63) is 29.5 Å². The van der Waals surface area contributed by atoms with Crippen molar-refractivity contribution < 1.29 is 19.4 Å². The molecule has 18 heavy (non-hydrogen) atoms. The number of nitrogens with one attached hydrogen (secondary N) is 2. The van der Waals surface area contributed by atoms with Crippen LogP contribution < -0.4 is 15.4 Å². The Morgan fingerprint density at radius 3 is 2.72 bits per heavy atom. The molecule has 0 atom stereocenters. The van der Waals surface area contributed by atoms with Crippen LogP contribution in [0.3, 0.4) is 0 Å². The van der Waals surface area contributed by atoms with Gasteiger partial charge in [-0.05, 0) is 30.7 Å². The number of phenols is 1. The normalized spacial score (nSPS) is 16.6. The molecule has 3 amide bonds. The zero-order chi connectivity index (χ0) is 13.1. The lowest BCUT2D eigenvalue weighted by Gasteiger charge is -2.06. The number of hydrogen-bond donors (Lipinski definition) is 3. The highest BCUT2D eigenvalue weighted by Gasteiger charge is 2.22. The third-order valence-electron chi connectivity index (χ3n) is 2.31. The number of carbonyl (C=O) groups is 2. The van der Waals surface area contributed by atoms with Gasteiger partial charge in [0.05, 0.1) is 6.61 Å². The second-order valence-corrected chi connectivity index (χ2v) is 3.63. The molecule has 1 saturated heterocycles. The first kappa shape index (κ1) is 12.0. The minimum atomic E-state index is -0.546. The average Bonchev–Trinajstić information content (AvgIpc) is 2.62. The maximum atomic E-state index is 11.3. The van der Waals surface area contributed by atoms with Crippen LogP contribution in [0.15, 0.2) is 23.9 Å². The highest BCUT2D eigenvalue weighted by atomic mass is 16.5. The summed E-state index contributed by atoms with van der Waals surface area (Å²) in [5, 5.41) is 14.0. The lowest BCUT2D eigenvalue weighted by molar-refractivity contribution is -0.115. The predicted molar refractivity (Wildman–Crippen MR) is 63.9 cm³/mol. The standard InChI is InChI=1S/C12H12N2O4/c1-2-18-10-6-7(3-4-9(10)15)5-8-11(16)14-12(17)13-8/h3-6,15H,2H2,1H3,(H2,13,14,16,17)/b8-5-. The zero-order valence-electron chi connectivity index (χ0n) is 9.69. The summed E-state index contributed by atoms with van der Waals surface area (Å²) in [5.74, 6) is -0.124. The topological polar surface area (TPSA) is 87.7 Å². The minimum absolute atomic E-state index is 0.0268. The molecule has 1 aliphatic rings. The summed E-state index contributed by atoms with van der Waals surface area (Å²) < 4.78 is 5.22. The smallest absolute Gasteiger partial charge is 0.326 e. The summed E-state index contributed by atoms with van der Waals surface area (Å²) in [6.45, 7) is 2.22. The van der Waals surface area contributed by atoms with Gasteiger partial charge in [0.2, 0.25) is 0 Å². The number of rotatable bonds is 3. The van der Waals surface area contributed by atoms with Crippen LogP contribution >= 0.6 is 0 Å². The number of urea groups is 1. The number of hydrogen-bond acceptors (Lipinski definition) is 4. The fraction of sp³-hybridized carbons (Fsp3) is 0.167. The number of amides is 3. The van der Waals surface area contributed by atoms with Crippen LogP contribution in [0.5, 0.6) is 11.5 Å². The number of ether oxygens (including phenoxy) is 1. The maximum absolute atomic E-state index is 11.3. The van der Waals surface area contributed by atoms with Crippen molar-refractivity contribution >= 4 is 18.0 Å². The van der Waals surface area contributed by atoms with Crippen LogP contribution in [0.4, 0.5) is 4.79 Å². The zero-order valence-corrected chi connectivity index (χ0v) is 9.69. The Morgan fingerprint density at radius 2 is 2.11 bits per heavy atom. The van der Waals surface area contributed by atoms with E-state index in [4.69, 9.17) is 4.74 Å². The number of imide groups is 1. The van der Waals surface area contributed by atoms with Gasteiger partial charge in [-0.1, -0.05) is 6.07 Å². The van der Waals surface area contributed by atoms with Crippen LogP contribution in [-0.4, -0.2) is 23.7 Å². The molecule has 1 heterocycles. The molecule has 0 saturated carbocycles. The lowest BCUT2D eigenvalue weighted by atomic mass is 10.1. The Bertz CT molecular complexity index is 537. The summed E-state index contributed by atoms with van der Waals surface area (Å²) in [5.41, 5.74) is 0.803. The number of aromatic hydroxyl groups is 1. The molecule has 0 aliphatic carbocycles. The number of benzene rings is 1. The summed E-state index contributed by atoms with van der Waals surface area (Å²) >= 11 is 0. The molecule has 0 aromatic heterocycles. The molecule has 1 aromatic rings. The van der Waals surface area contributed by atoms with Gasteiger partial charge in [-0.3, -0.25) is 10.1 Å². The Labute approximate surface area is 103 Å². The monoisotopic (exact) mass is 248 g/mol. The molecule has 1 aliphatic heterocycles. The second kappa shape index (κ2) is 4.79. The van der Waals surface area contributed by atoms with Crippen molar-refractivity contribution in [2.75, 3.05) is 6.61 Å². The molecule has 0 bridgehead atoms. The Hall–Kier alpha value is -2.50. The van der Waals surface area contributed by atoms with E-state index in [0.717, 1.165) is 0 Å². The third-order valence-corrected chi connectivity index (χ3v) is 2.31. The largest absolute Gasteiger partial charge is 0.504 e. The van der Waals surface area contributed by atoms with E-state index >= 15 is 0 Å². The van der Waals surface area contributed by atoms with Gasteiger partial charge >= 0.3 is 6.03 Å². The highest BCUT2D eigenvalue weighted by Crippen LogP contribution is 2.27. The van der Waals surface area contributed by atoms with E-state index in [1.54, 1.807) is 19.1 Å². The maximum Gasteiger partial charge on any atom is 0.326 e. The molecule has 1 fully saturated rings. The van der Waals surface area contributed by atoms with E-state index in [9.17, 15) is 14.7 Å². The minimum Gasteiger partial charge on any atom is -0.504 e. The number of carbonyl (C=O) groups excluding carboxylic acids is 2. The first-order valence-electron chi connectivity index (χ1n) is 5.40. The Morgan fingerprint density at radius 1 is 1.33 bits per heavy atom. The highest BCUT2D eigenvalue weighted by molar-refractivity contribution is 6.13. The predicted octanol–water partition coefficient (Wildman–Crippen LogP) is 0.971. The van der Waals surface area contributed by atoms with Gasteiger partial charge < -0.3 is 15.2 Å². The molecule has 6 heteroatoms. The average molecular weight is 248 g/mol. The first-order chi connectivity index (χ1) is 8.60. The second-order valence-electron chi connectivity index (χ2n) is 3.63. The van der Waals surface area contributed by atoms with Crippen molar-refractivity contribution in [3.8, 4) is 11.5 Å². The van der Waals surface area contributed by atoms with E-state index in [0.29, 0.717) is 17.9 Å². The van der Waals surface area contributed by atoms with Crippen LogP contribution in [0, 0.1) is 0 Å². The van der Waals surface area contributed by atoms with Crippen LogP contribution in [-0.2, 0) is 4.79 Å². The first-order valence-corrected chi connectivity index (χ1v) is 5.40. The molecule has 1 aromatic carbocycles. The van der Waals surface area contributed by atoms with Crippen LogP contribution in [0.2, 0.25) is 0 Å². The molecule has 0 spiro atoms. The van der Waals surface area contributed by atoms with E-state index in [2.05, 4.69) is 10.6 Å². The summed E-state index contributed by atoms with van der Waals surface area (Å²) in [7, 11) is 0. The third kappa shape index (κ3) is 2.42. The molecule has 3 N–H and O–H groups in total. The fourth-order valence-electron chi connectivity index (χ4n) is 1.54. The van der Waals surface area contributed by atoms with Crippen molar-refractivity contribution in [2.45, 2.75) is 6.92 Å². The molecule has 94 valence electrons. The van der Waals surface area contributed by atoms with Crippen molar-refractivity contribution in [2.24, 2.45) is 0 Å². The van der Waals surface area contributed by atoms with Crippen molar-refractivity contribution in [3.63, 3.8) is 0 Å². The summed E-state index contributed by atoms with van der Waals surface area (Å²) in [6.07, 6.45) is 1.50. The van der Waals surface area contributed by atoms with Crippen LogP contribution in [0.25, 0.3) is 6.08 Å². The molecule has 2 rings (SSSR count). The summed E-state index contributed by atoms with van der Waals surface area (Å²) in [4.78, 5) is 22.3. The van der Waals surface area contributed by atoms with Gasteiger partial charge in [-0.15, -0.1) is 0 Å².